The molecule has 1 fully saturated rings. The van der Waals surface area contributed by atoms with Crippen molar-refractivity contribution >= 4 is 11.9 Å². The van der Waals surface area contributed by atoms with E-state index in [0.717, 1.165) is 68.1 Å². The summed E-state index contributed by atoms with van der Waals surface area (Å²) in [4.78, 5) is 28.4. The third kappa shape index (κ3) is 3.99. The van der Waals surface area contributed by atoms with E-state index >= 15 is 0 Å². The van der Waals surface area contributed by atoms with Gasteiger partial charge in [-0.15, -0.1) is 0 Å². The third-order valence-corrected chi connectivity index (χ3v) is 5.80. The number of aryl methyl sites for hydroxylation is 2. The highest BCUT2D eigenvalue weighted by Crippen LogP contribution is 2.30. The van der Waals surface area contributed by atoms with Gasteiger partial charge in [-0.25, -0.2) is 9.97 Å². The number of hydrogen-bond acceptors (Lipinski definition) is 6. The van der Waals surface area contributed by atoms with Gasteiger partial charge in [-0.05, 0) is 57.1 Å². The van der Waals surface area contributed by atoms with Crippen LogP contribution in [0.1, 0.15) is 59.0 Å². The second-order valence-electron chi connectivity index (χ2n) is 7.79. The van der Waals surface area contributed by atoms with Gasteiger partial charge in [0.2, 0.25) is 5.95 Å². The van der Waals surface area contributed by atoms with E-state index in [1.54, 1.807) is 12.3 Å². The minimum atomic E-state index is -0.111. The predicted molar refractivity (Wildman–Crippen MR) is 106 cm³/mol. The fourth-order valence-corrected chi connectivity index (χ4v) is 4.00. The number of anilines is 1. The van der Waals surface area contributed by atoms with E-state index in [1.807, 2.05) is 19.2 Å². The summed E-state index contributed by atoms with van der Waals surface area (Å²) in [5.41, 5.74) is 3.52. The molecule has 0 unspecified atom stereocenters. The maximum Gasteiger partial charge on any atom is 0.253 e. The smallest absolute Gasteiger partial charge is 0.253 e. The molecule has 0 bridgehead atoms. The van der Waals surface area contributed by atoms with E-state index < -0.39 is 0 Å². The number of aliphatic hydroxyl groups is 1. The summed E-state index contributed by atoms with van der Waals surface area (Å²) in [5.74, 6) is 1.05. The van der Waals surface area contributed by atoms with Crippen LogP contribution in [0.3, 0.4) is 0 Å². The first-order valence-electron chi connectivity index (χ1n) is 10.1. The molecule has 2 aromatic heterocycles. The second-order valence-corrected chi connectivity index (χ2v) is 7.79. The fraction of sp³-hybridized carbons (Fsp3) is 0.524. The average Bonchev–Trinajstić information content (AvgIpc) is 2.74. The van der Waals surface area contributed by atoms with Crippen molar-refractivity contribution in [2.75, 3.05) is 24.6 Å². The number of fused-ring (bicyclic) bond motifs is 1. The molecule has 0 saturated carbocycles. The number of carbonyl (C=O) groups is 1. The van der Waals surface area contributed by atoms with Crippen LogP contribution in [0.4, 0.5) is 5.95 Å². The Kier molecular flexibility index (Phi) is 5.52. The topological polar surface area (TPSA) is 91.2 Å². The van der Waals surface area contributed by atoms with E-state index in [1.165, 1.54) is 0 Å². The van der Waals surface area contributed by atoms with Crippen LogP contribution in [0.2, 0.25) is 0 Å². The van der Waals surface area contributed by atoms with E-state index in [0.29, 0.717) is 11.5 Å². The van der Waals surface area contributed by atoms with E-state index in [-0.39, 0.29) is 18.6 Å². The maximum atomic E-state index is 12.6. The number of carbonyl (C=O) groups excluding carboxylic acids is 1. The quantitative estimate of drug-likeness (QED) is 0.844. The van der Waals surface area contributed by atoms with Gasteiger partial charge in [-0.1, -0.05) is 0 Å². The first-order valence-corrected chi connectivity index (χ1v) is 10.1. The number of aliphatic hydroxyl groups excluding tert-OH is 1. The van der Waals surface area contributed by atoms with Crippen LogP contribution >= 0.6 is 0 Å². The van der Waals surface area contributed by atoms with Crippen LogP contribution in [-0.2, 0) is 6.42 Å². The number of amides is 1. The molecule has 0 aromatic carbocycles. The average molecular weight is 381 g/mol. The van der Waals surface area contributed by atoms with E-state index in [9.17, 15) is 9.90 Å². The number of piperidine rings is 1. The van der Waals surface area contributed by atoms with Crippen molar-refractivity contribution < 1.29 is 9.90 Å². The summed E-state index contributed by atoms with van der Waals surface area (Å²) in [5, 5.41) is 12.4. The number of nitrogens with zero attached hydrogens (tertiary/aromatic N) is 4. The second kappa shape index (κ2) is 8.22. The van der Waals surface area contributed by atoms with Gasteiger partial charge < -0.3 is 15.3 Å². The molecule has 0 spiro atoms. The molecule has 28 heavy (non-hydrogen) atoms. The number of aromatic nitrogens is 3. The van der Waals surface area contributed by atoms with Crippen LogP contribution in [0, 0.1) is 12.8 Å². The molecule has 2 aromatic rings. The van der Waals surface area contributed by atoms with Gasteiger partial charge in [0.05, 0.1) is 17.3 Å². The summed E-state index contributed by atoms with van der Waals surface area (Å²) in [6.45, 7) is 3.92. The Balaban J connectivity index is 1.47. The van der Waals surface area contributed by atoms with Crippen molar-refractivity contribution in [3.8, 4) is 0 Å². The molecular formula is C21H27N5O2. The Morgan fingerprint density at radius 3 is 2.75 bits per heavy atom. The predicted octanol–water partition coefficient (Wildman–Crippen LogP) is 2.20. The van der Waals surface area contributed by atoms with Crippen LogP contribution in [-0.4, -0.2) is 45.7 Å². The van der Waals surface area contributed by atoms with Crippen molar-refractivity contribution in [2.45, 2.75) is 45.1 Å². The third-order valence-electron chi connectivity index (χ3n) is 5.80. The zero-order valence-electron chi connectivity index (χ0n) is 16.3. The van der Waals surface area contributed by atoms with Crippen molar-refractivity contribution in [1.82, 2.24) is 20.3 Å². The molecule has 1 atom stereocenters. The normalized spacial score (nSPS) is 19.9. The largest absolute Gasteiger partial charge is 0.396 e. The van der Waals surface area contributed by atoms with Crippen LogP contribution < -0.4 is 10.2 Å². The Morgan fingerprint density at radius 1 is 1.21 bits per heavy atom. The van der Waals surface area contributed by atoms with Crippen LogP contribution in [0.5, 0.6) is 0 Å². The summed E-state index contributed by atoms with van der Waals surface area (Å²) in [6.07, 6.45) is 8.24. The summed E-state index contributed by atoms with van der Waals surface area (Å²) in [7, 11) is 0. The lowest BCUT2D eigenvalue weighted by Crippen LogP contribution is -2.36. The van der Waals surface area contributed by atoms with Gasteiger partial charge in [-0.2, -0.15) is 0 Å². The van der Waals surface area contributed by atoms with Gasteiger partial charge >= 0.3 is 0 Å². The van der Waals surface area contributed by atoms with Crippen molar-refractivity contribution in [3.63, 3.8) is 0 Å². The molecular weight excluding hydrogens is 354 g/mol. The highest BCUT2D eigenvalue weighted by molar-refractivity contribution is 5.94. The van der Waals surface area contributed by atoms with Gasteiger partial charge in [0, 0.05) is 43.3 Å². The first kappa shape index (κ1) is 18.8. The molecule has 148 valence electrons. The number of nitrogens with one attached hydrogen (secondary N) is 1. The lowest BCUT2D eigenvalue weighted by Gasteiger charge is -2.32. The van der Waals surface area contributed by atoms with Crippen LogP contribution in [0.15, 0.2) is 24.5 Å². The number of pyridine rings is 1. The minimum Gasteiger partial charge on any atom is -0.396 e. The molecule has 2 aliphatic rings. The molecule has 1 aliphatic carbocycles. The molecule has 1 aliphatic heterocycles. The van der Waals surface area contributed by atoms with Gasteiger partial charge in [0.25, 0.3) is 5.91 Å². The standard InChI is InChI=1S/C21H27N5O2/c1-14-5-6-16(11-22-14)20(28)24-18-3-2-4-19-17(18)12-23-21(25-19)26-9-7-15(13-27)8-10-26/h5-6,11-12,15,18,27H,2-4,7-10,13H2,1H3,(H,24,28)/t18-/m1/s1. The number of rotatable bonds is 4. The first-order chi connectivity index (χ1) is 13.6. The van der Waals surface area contributed by atoms with Gasteiger partial charge in [-0.3, -0.25) is 9.78 Å². The van der Waals surface area contributed by atoms with Gasteiger partial charge in [0.15, 0.2) is 0 Å². The summed E-state index contributed by atoms with van der Waals surface area (Å²) >= 11 is 0. The van der Waals surface area contributed by atoms with Crippen LogP contribution in [0.25, 0.3) is 0 Å². The molecule has 2 N–H and O–H groups in total. The Hall–Kier alpha value is -2.54. The molecule has 7 heteroatoms. The van der Waals surface area contributed by atoms with E-state index in [2.05, 4.69) is 20.2 Å². The molecule has 1 amide bonds. The summed E-state index contributed by atoms with van der Waals surface area (Å²) in [6, 6.07) is 3.59. The minimum absolute atomic E-state index is 0.0632. The summed E-state index contributed by atoms with van der Waals surface area (Å²) < 4.78 is 0. The Bertz CT molecular complexity index is 831. The molecule has 4 rings (SSSR count). The highest BCUT2D eigenvalue weighted by atomic mass is 16.3. The Labute approximate surface area is 165 Å². The number of hydrogen-bond donors (Lipinski definition) is 2. The van der Waals surface area contributed by atoms with Crippen molar-refractivity contribution in [2.24, 2.45) is 5.92 Å². The molecule has 7 nitrogen and oxygen atoms in total. The SMILES string of the molecule is Cc1ccc(C(=O)N[C@@H]2CCCc3nc(N4CCC(CO)CC4)ncc32)cn1. The van der Waals surface area contributed by atoms with Gasteiger partial charge in [0.1, 0.15) is 0 Å². The fourth-order valence-electron chi connectivity index (χ4n) is 4.00. The highest BCUT2D eigenvalue weighted by Gasteiger charge is 2.26. The molecule has 1 saturated heterocycles. The lowest BCUT2D eigenvalue weighted by atomic mass is 9.92. The lowest BCUT2D eigenvalue weighted by molar-refractivity contribution is 0.0932. The monoisotopic (exact) mass is 381 g/mol. The zero-order chi connectivity index (χ0) is 19.5. The zero-order valence-corrected chi connectivity index (χ0v) is 16.3. The maximum absolute atomic E-state index is 12.6. The van der Waals surface area contributed by atoms with Crippen molar-refractivity contribution in [3.05, 3.63) is 47.0 Å². The Morgan fingerprint density at radius 2 is 2.04 bits per heavy atom. The molecule has 0 radical (unpaired) electrons. The van der Waals surface area contributed by atoms with Crippen molar-refractivity contribution in [1.29, 1.82) is 0 Å². The molecule has 3 heterocycles. The van der Waals surface area contributed by atoms with E-state index in [4.69, 9.17) is 4.98 Å².